The second-order valence-corrected chi connectivity index (χ2v) is 8.74. The van der Waals surface area contributed by atoms with Gasteiger partial charge in [-0.2, -0.15) is 0 Å². The molecular weight excluding hydrogens is 440 g/mol. The van der Waals surface area contributed by atoms with Crippen LogP contribution in [0.3, 0.4) is 0 Å². The average molecular weight is 473 g/mol. The number of aromatic nitrogens is 2. The van der Waals surface area contributed by atoms with Crippen LogP contribution in [0, 0.1) is 13.8 Å². The summed E-state index contributed by atoms with van der Waals surface area (Å²) in [5.74, 6) is 0.835. The molecule has 0 spiro atoms. The van der Waals surface area contributed by atoms with Crippen molar-refractivity contribution in [2.24, 2.45) is 0 Å². The molecule has 35 heavy (non-hydrogen) atoms. The fraction of sp³-hybridized carbons (Fsp3) is 0.310. The summed E-state index contributed by atoms with van der Waals surface area (Å²) in [4.78, 5) is 16.8. The topological polar surface area (TPSA) is 73.6 Å². The van der Waals surface area contributed by atoms with Crippen molar-refractivity contribution in [3.8, 4) is 22.6 Å². The molecule has 0 saturated carbocycles. The highest BCUT2D eigenvalue weighted by Gasteiger charge is 2.20. The van der Waals surface area contributed by atoms with E-state index in [0.717, 1.165) is 64.2 Å². The predicted molar refractivity (Wildman–Crippen MR) is 139 cm³/mol. The molecule has 3 aromatic carbocycles. The molecule has 6 heteroatoms. The maximum Gasteiger partial charge on any atom is 0.336 e. The van der Waals surface area contributed by atoms with Crippen molar-refractivity contribution in [2.75, 3.05) is 20.3 Å². The van der Waals surface area contributed by atoms with Crippen molar-refractivity contribution >= 4 is 17.0 Å². The molecule has 4 aromatic rings. The Hall–Kier alpha value is -3.64. The molecule has 0 amide bonds. The fourth-order valence-electron chi connectivity index (χ4n) is 4.45. The third-order valence-electron chi connectivity index (χ3n) is 6.25. The molecule has 0 bridgehead atoms. The standard InChI is InChI=1S/C29H32N2O4/c1-5-6-11-26-30-27-19(2)12-15-25(35-17-16-34-4)28(27)31(26)21-13-14-22(20(3)18-21)23-9-7-8-10-24(23)29(32)33/h7-10,12-15,18H,5-6,11,16-17H2,1-4H3,(H,32,33). The highest BCUT2D eigenvalue weighted by molar-refractivity contribution is 5.96. The summed E-state index contributed by atoms with van der Waals surface area (Å²) >= 11 is 0. The van der Waals surface area contributed by atoms with Crippen LogP contribution in [0.1, 0.15) is 47.1 Å². The predicted octanol–water partition coefficient (Wildman–Crippen LogP) is 6.38. The summed E-state index contributed by atoms with van der Waals surface area (Å²) in [6, 6.07) is 17.3. The minimum Gasteiger partial charge on any atom is -0.489 e. The van der Waals surface area contributed by atoms with E-state index in [-0.39, 0.29) is 0 Å². The van der Waals surface area contributed by atoms with Crippen molar-refractivity contribution in [2.45, 2.75) is 40.0 Å². The van der Waals surface area contributed by atoms with E-state index in [1.807, 2.05) is 43.3 Å². The lowest BCUT2D eigenvalue weighted by molar-refractivity contribution is 0.0697. The minimum absolute atomic E-state index is 0.296. The summed E-state index contributed by atoms with van der Waals surface area (Å²) in [6.45, 7) is 7.22. The van der Waals surface area contributed by atoms with Gasteiger partial charge in [-0.25, -0.2) is 9.78 Å². The van der Waals surface area contributed by atoms with Gasteiger partial charge in [-0.1, -0.05) is 43.7 Å². The summed E-state index contributed by atoms with van der Waals surface area (Å²) in [6.07, 6.45) is 2.96. The number of aromatic carboxylic acids is 1. The molecule has 0 aliphatic heterocycles. The van der Waals surface area contributed by atoms with Crippen LogP contribution in [-0.2, 0) is 11.2 Å². The van der Waals surface area contributed by atoms with E-state index in [1.165, 1.54) is 0 Å². The zero-order chi connectivity index (χ0) is 24.9. The van der Waals surface area contributed by atoms with E-state index >= 15 is 0 Å². The van der Waals surface area contributed by atoms with Gasteiger partial charge in [-0.15, -0.1) is 0 Å². The molecule has 4 rings (SSSR count). The number of nitrogens with zero attached hydrogens (tertiary/aromatic N) is 2. The molecule has 0 unspecified atom stereocenters. The Kier molecular flexibility index (Phi) is 7.51. The summed E-state index contributed by atoms with van der Waals surface area (Å²) in [5.41, 5.74) is 6.87. The molecule has 0 radical (unpaired) electrons. The van der Waals surface area contributed by atoms with E-state index in [2.05, 4.69) is 24.5 Å². The van der Waals surface area contributed by atoms with E-state index in [4.69, 9.17) is 14.5 Å². The van der Waals surface area contributed by atoms with Gasteiger partial charge in [0.15, 0.2) is 0 Å². The molecule has 0 aliphatic carbocycles. The molecule has 1 N–H and O–H groups in total. The van der Waals surface area contributed by atoms with Crippen molar-refractivity contribution < 1.29 is 19.4 Å². The molecule has 0 fully saturated rings. The van der Waals surface area contributed by atoms with Gasteiger partial charge < -0.3 is 14.6 Å². The Morgan fingerprint density at radius 3 is 2.51 bits per heavy atom. The number of aryl methyl sites for hydroxylation is 3. The second kappa shape index (κ2) is 10.7. The largest absolute Gasteiger partial charge is 0.489 e. The molecule has 0 saturated heterocycles. The van der Waals surface area contributed by atoms with Gasteiger partial charge in [0.25, 0.3) is 0 Å². The highest BCUT2D eigenvalue weighted by atomic mass is 16.5. The molecule has 6 nitrogen and oxygen atoms in total. The molecule has 1 aromatic heterocycles. The number of hydrogen-bond donors (Lipinski definition) is 1. The number of carboxylic acids is 1. The molecule has 1 heterocycles. The fourth-order valence-corrected chi connectivity index (χ4v) is 4.45. The van der Waals surface area contributed by atoms with Crippen LogP contribution < -0.4 is 4.74 Å². The van der Waals surface area contributed by atoms with Crippen LogP contribution in [0.15, 0.2) is 54.6 Å². The van der Waals surface area contributed by atoms with Gasteiger partial charge in [-0.3, -0.25) is 4.57 Å². The Labute approximate surface area is 206 Å². The maximum atomic E-state index is 11.8. The number of benzene rings is 3. The quantitative estimate of drug-likeness (QED) is 0.271. The summed E-state index contributed by atoms with van der Waals surface area (Å²) < 4.78 is 13.5. The number of ether oxygens (including phenoxy) is 2. The Morgan fingerprint density at radius 1 is 1.00 bits per heavy atom. The van der Waals surface area contributed by atoms with E-state index in [1.54, 1.807) is 19.2 Å². The first-order valence-electron chi connectivity index (χ1n) is 12.0. The number of methoxy groups -OCH3 is 1. The number of unbranched alkanes of at least 4 members (excludes halogenated alkanes) is 1. The first kappa shape index (κ1) is 24.5. The number of imidazole rings is 1. The molecular formula is C29H32N2O4. The highest BCUT2D eigenvalue weighted by Crippen LogP contribution is 2.35. The maximum absolute atomic E-state index is 11.8. The van der Waals surface area contributed by atoms with Crippen LogP contribution in [0.25, 0.3) is 27.8 Å². The van der Waals surface area contributed by atoms with Gasteiger partial charge in [0.1, 0.15) is 23.7 Å². The minimum atomic E-state index is -0.931. The van der Waals surface area contributed by atoms with E-state index in [0.29, 0.717) is 24.3 Å². The van der Waals surface area contributed by atoms with Gasteiger partial charge in [-0.05, 0) is 66.8 Å². The van der Waals surface area contributed by atoms with E-state index in [9.17, 15) is 9.90 Å². The van der Waals surface area contributed by atoms with Crippen LogP contribution in [0.2, 0.25) is 0 Å². The molecule has 182 valence electrons. The van der Waals surface area contributed by atoms with Crippen molar-refractivity contribution in [3.05, 3.63) is 77.1 Å². The summed E-state index contributed by atoms with van der Waals surface area (Å²) in [5, 5.41) is 9.67. The molecule has 0 aliphatic rings. The third kappa shape index (κ3) is 4.93. The van der Waals surface area contributed by atoms with Crippen LogP contribution in [-0.4, -0.2) is 41.0 Å². The zero-order valence-electron chi connectivity index (χ0n) is 20.8. The Morgan fingerprint density at radius 2 is 1.80 bits per heavy atom. The zero-order valence-corrected chi connectivity index (χ0v) is 20.8. The normalized spacial score (nSPS) is 11.2. The monoisotopic (exact) mass is 472 g/mol. The Bertz CT molecular complexity index is 1360. The van der Waals surface area contributed by atoms with Gasteiger partial charge in [0, 0.05) is 19.2 Å². The lowest BCUT2D eigenvalue weighted by Crippen LogP contribution is -2.07. The van der Waals surface area contributed by atoms with Crippen molar-refractivity contribution in [1.82, 2.24) is 9.55 Å². The van der Waals surface area contributed by atoms with Crippen molar-refractivity contribution in [1.29, 1.82) is 0 Å². The van der Waals surface area contributed by atoms with Gasteiger partial charge in [0.2, 0.25) is 0 Å². The number of carbonyl (C=O) groups is 1. The lowest BCUT2D eigenvalue weighted by atomic mass is 9.95. The first-order valence-corrected chi connectivity index (χ1v) is 12.0. The third-order valence-corrected chi connectivity index (χ3v) is 6.25. The van der Waals surface area contributed by atoms with Crippen LogP contribution in [0.5, 0.6) is 5.75 Å². The second-order valence-electron chi connectivity index (χ2n) is 8.74. The number of hydrogen-bond acceptors (Lipinski definition) is 4. The van der Waals surface area contributed by atoms with Crippen LogP contribution >= 0.6 is 0 Å². The smallest absolute Gasteiger partial charge is 0.336 e. The SMILES string of the molecule is CCCCc1nc2c(C)ccc(OCCOC)c2n1-c1ccc(-c2ccccc2C(=O)O)c(C)c1. The molecule has 0 atom stereocenters. The number of carboxylic acid groups (broad SMARTS) is 1. The average Bonchev–Trinajstić information content (AvgIpc) is 3.24. The summed E-state index contributed by atoms with van der Waals surface area (Å²) in [7, 11) is 1.66. The van der Waals surface area contributed by atoms with Gasteiger partial charge in [0.05, 0.1) is 17.7 Å². The number of rotatable bonds is 10. The van der Waals surface area contributed by atoms with Crippen LogP contribution in [0.4, 0.5) is 0 Å². The number of fused-ring (bicyclic) bond motifs is 1. The lowest BCUT2D eigenvalue weighted by Gasteiger charge is -2.16. The first-order chi connectivity index (χ1) is 17.0. The van der Waals surface area contributed by atoms with Gasteiger partial charge >= 0.3 is 5.97 Å². The van der Waals surface area contributed by atoms with Crippen molar-refractivity contribution in [3.63, 3.8) is 0 Å². The Balaban J connectivity index is 1.89. The van der Waals surface area contributed by atoms with E-state index < -0.39 is 5.97 Å².